The lowest BCUT2D eigenvalue weighted by Gasteiger charge is -2.27. The fourth-order valence-electron chi connectivity index (χ4n) is 2.01. The zero-order valence-electron chi connectivity index (χ0n) is 13.3. The van der Waals surface area contributed by atoms with E-state index in [1.807, 2.05) is 33.8 Å². The van der Waals surface area contributed by atoms with Crippen LogP contribution in [0.1, 0.15) is 46.1 Å². The molecule has 0 aliphatic carbocycles. The number of pyridine rings is 1. The van der Waals surface area contributed by atoms with Gasteiger partial charge in [0.05, 0.1) is 6.04 Å². The number of rotatable bonds is 7. The highest BCUT2D eigenvalue weighted by atomic mass is 16.2. The van der Waals surface area contributed by atoms with Gasteiger partial charge in [0.25, 0.3) is 5.91 Å². The van der Waals surface area contributed by atoms with Crippen LogP contribution < -0.4 is 10.6 Å². The molecule has 116 valence electrons. The minimum Gasteiger partial charge on any atom is -0.345 e. The van der Waals surface area contributed by atoms with Gasteiger partial charge in [0.1, 0.15) is 0 Å². The smallest absolute Gasteiger partial charge is 0.289 e. The molecule has 0 saturated carbocycles. The Labute approximate surface area is 126 Å². The number of Topliss-reactive ketones (excluding diaryl/α,β-unsaturated/α-hetero) is 1. The van der Waals surface area contributed by atoms with Crippen molar-refractivity contribution in [2.45, 2.75) is 58.7 Å². The van der Waals surface area contributed by atoms with Crippen molar-refractivity contribution in [3.05, 3.63) is 30.1 Å². The normalized spacial score (nSPS) is 12.8. The first-order chi connectivity index (χ1) is 9.83. The monoisotopic (exact) mass is 291 g/mol. The zero-order valence-corrected chi connectivity index (χ0v) is 13.3. The van der Waals surface area contributed by atoms with E-state index in [2.05, 4.69) is 15.6 Å². The van der Waals surface area contributed by atoms with E-state index in [-0.39, 0.29) is 5.54 Å². The van der Waals surface area contributed by atoms with Crippen LogP contribution in [0.15, 0.2) is 24.5 Å². The van der Waals surface area contributed by atoms with Gasteiger partial charge in [0.2, 0.25) is 5.78 Å². The van der Waals surface area contributed by atoms with Gasteiger partial charge in [0.15, 0.2) is 0 Å². The Balaban J connectivity index is 2.59. The van der Waals surface area contributed by atoms with Crippen LogP contribution in [0.5, 0.6) is 0 Å². The average Bonchev–Trinajstić information content (AvgIpc) is 2.43. The van der Waals surface area contributed by atoms with Crippen LogP contribution in [0.4, 0.5) is 0 Å². The molecule has 5 nitrogen and oxygen atoms in total. The van der Waals surface area contributed by atoms with E-state index in [4.69, 9.17) is 0 Å². The third kappa shape index (κ3) is 6.49. The maximum absolute atomic E-state index is 12.2. The van der Waals surface area contributed by atoms with Crippen LogP contribution >= 0.6 is 0 Å². The number of aromatic nitrogens is 1. The van der Waals surface area contributed by atoms with E-state index < -0.39 is 17.7 Å². The molecule has 1 aromatic heterocycles. The highest BCUT2D eigenvalue weighted by Gasteiger charge is 2.27. The molecule has 1 amide bonds. The summed E-state index contributed by atoms with van der Waals surface area (Å²) < 4.78 is 0. The van der Waals surface area contributed by atoms with Crippen LogP contribution in [-0.2, 0) is 16.1 Å². The van der Waals surface area contributed by atoms with Crippen LogP contribution in [0, 0.1) is 0 Å². The lowest BCUT2D eigenvalue weighted by molar-refractivity contribution is -0.139. The molecule has 1 aromatic rings. The lowest BCUT2D eigenvalue weighted by Crippen LogP contribution is -2.51. The van der Waals surface area contributed by atoms with Crippen molar-refractivity contribution < 1.29 is 9.59 Å². The van der Waals surface area contributed by atoms with E-state index in [0.717, 1.165) is 12.0 Å². The van der Waals surface area contributed by atoms with Gasteiger partial charge in [-0.1, -0.05) is 19.4 Å². The topological polar surface area (TPSA) is 71.1 Å². The maximum Gasteiger partial charge on any atom is 0.289 e. The van der Waals surface area contributed by atoms with E-state index in [1.54, 1.807) is 18.5 Å². The van der Waals surface area contributed by atoms with Crippen molar-refractivity contribution >= 4 is 11.7 Å². The molecule has 0 aliphatic rings. The quantitative estimate of drug-likeness (QED) is 0.752. The summed E-state index contributed by atoms with van der Waals surface area (Å²) in [5, 5.41) is 5.87. The van der Waals surface area contributed by atoms with Gasteiger partial charge in [-0.05, 0) is 38.8 Å². The van der Waals surface area contributed by atoms with Gasteiger partial charge >= 0.3 is 0 Å². The average molecular weight is 291 g/mol. The number of ketones is 1. The van der Waals surface area contributed by atoms with Gasteiger partial charge in [-0.3, -0.25) is 14.6 Å². The van der Waals surface area contributed by atoms with Crippen molar-refractivity contribution in [2.24, 2.45) is 0 Å². The van der Waals surface area contributed by atoms with Gasteiger partial charge < -0.3 is 10.6 Å². The predicted molar refractivity (Wildman–Crippen MR) is 82.7 cm³/mol. The maximum atomic E-state index is 12.2. The van der Waals surface area contributed by atoms with Crippen molar-refractivity contribution in [3.8, 4) is 0 Å². The first-order valence-electron chi connectivity index (χ1n) is 7.32. The molecular formula is C16H25N3O2. The Morgan fingerprint density at radius 1 is 1.33 bits per heavy atom. The Kier molecular flexibility index (Phi) is 6.49. The molecule has 21 heavy (non-hydrogen) atoms. The van der Waals surface area contributed by atoms with E-state index in [0.29, 0.717) is 13.0 Å². The molecular weight excluding hydrogens is 266 g/mol. The molecule has 0 aromatic carbocycles. The first-order valence-corrected chi connectivity index (χ1v) is 7.32. The molecule has 0 radical (unpaired) electrons. The van der Waals surface area contributed by atoms with Crippen molar-refractivity contribution in [1.29, 1.82) is 0 Å². The molecule has 1 rings (SSSR count). The lowest BCUT2D eigenvalue weighted by atomic mass is 10.0. The summed E-state index contributed by atoms with van der Waals surface area (Å²) in [5.41, 5.74) is 0.661. The van der Waals surface area contributed by atoms with Crippen LogP contribution in [0.25, 0.3) is 0 Å². The van der Waals surface area contributed by atoms with Crippen molar-refractivity contribution in [3.63, 3.8) is 0 Å². The minimum atomic E-state index is -0.547. The molecule has 1 atom stereocenters. The van der Waals surface area contributed by atoms with Crippen LogP contribution in [-0.4, -0.2) is 28.3 Å². The Bertz CT molecular complexity index is 466. The molecule has 0 bridgehead atoms. The molecule has 0 spiro atoms. The first kappa shape index (κ1) is 17.3. The SMILES string of the molecule is CCCC(NC(C)(C)C)C(=O)C(=O)NCc1cccnc1. The fraction of sp³-hybridized carbons (Fsp3) is 0.562. The molecule has 5 heteroatoms. The van der Waals surface area contributed by atoms with E-state index in [9.17, 15) is 9.59 Å². The van der Waals surface area contributed by atoms with Crippen LogP contribution in [0.3, 0.4) is 0 Å². The van der Waals surface area contributed by atoms with Crippen molar-refractivity contribution in [2.75, 3.05) is 0 Å². The predicted octanol–water partition coefficient (Wildman–Crippen LogP) is 1.82. The van der Waals surface area contributed by atoms with Gasteiger partial charge in [-0.2, -0.15) is 0 Å². The number of nitrogens with zero attached hydrogens (tertiary/aromatic N) is 1. The standard InChI is InChI=1S/C16H25N3O2/c1-5-7-13(19-16(2,3)4)14(20)15(21)18-11-12-8-6-9-17-10-12/h6,8-10,13,19H,5,7,11H2,1-4H3,(H,18,21). The molecule has 0 fully saturated rings. The van der Waals surface area contributed by atoms with Gasteiger partial charge in [-0.25, -0.2) is 0 Å². The number of carbonyl (C=O) groups excluding carboxylic acids is 2. The summed E-state index contributed by atoms with van der Waals surface area (Å²) in [7, 11) is 0. The van der Waals surface area contributed by atoms with Crippen LogP contribution in [0.2, 0.25) is 0 Å². The second-order valence-corrected chi connectivity index (χ2v) is 6.14. The van der Waals surface area contributed by atoms with E-state index in [1.165, 1.54) is 0 Å². The van der Waals surface area contributed by atoms with Gasteiger partial charge in [0, 0.05) is 24.5 Å². The molecule has 0 saturated heterocycles. The highest BCUT2D eigenvalue weighted by Crippen LogP contribution is 2.07. The van der Waals surface area contributed by atoms with Crippen molar-refractivity contribution in [1.82, 2.24) is 15.6 Å². The number of carbonyl (C=O) groups is 2. The molecule has 0 aliphatic heterocycles. The van der Waals surface area contributed by atoms with Gasteiger partial charge in [-0.15, -0.1) is 0 Å². The molecule has 2 N–H and O–H groups in total. The number of nitrogens with one attached hydrogen (secondary N) is 2. The summed E-state index contributed by atoms with van der Waals surface area (Å²) in [6.45, 7) is 8.26. The summed E-state index contributed by atoms with van der Waals surface area (Å²) in [4.78, 5) is 28.2. The third-order valence-electron chi connectivity index (χ3n) is 2.90. The Hall–Kier alpha value is -1.75. The molecule has 1 unspecified atom stereocenters. The summed E-state index contributed by atoms with van der Waals surface area (Å²) >= 11 is 0. The summed E-state index contributed by atoms with van der Waals surface area (Å²) in [6.07, 6.45) is 4.83. The second kappa shape index (κ2) is 7.88. The number of hydrogen-bond acceptors (Lipinski definition) is 4. The number of hydrogen-bond donors (Lipinski definition) is 2. The Morgan fingerprint density at radius 3 is 2.57 bits per heavy atom. The largest absolute Gasteiger partial charge is 0.345 e. The summed E-state index contributed by atoms with van der Waals surface area (Å²) in [6, 6.07) is 3.21. The highest BCUT2D eigenvalue weighted by molar-refractivity contribution is 6.38. The molecule has 1 heterocycles. The zero-order chi connectivity index (χ0) is 15.9. The minimum absolute atomic E-state index is 0.209. The Morgan fingerprint density at radius 2 is 2.05 bits per heavy atom. The third-order valence-corrected chi connectivity index (χ3v) is 2.90. The fourth-order valence-corrected chi connectivity index (χ4v) is 2.01. The summed E-state index contributed by atoms with van der Waals surface area (Å²) in [5.74, 6) is -0.954. The second-order valence-electron chi connectivity index (χ2n) is 6.14. The van der Waals surface area contributed by atoms with E-state index >= 15 is 0 Å². The number of amides is 1.